The van der Waals surface area contributed by atoms with Gasteiger partial charge in [0, 0.05) is 10.2 Å². The van der Waals surface area contributed by atoms with Gasteiger partial charge in [-0.1, -0.05) is 35.8 Å². The molecular weight excluding hydrogens is 310 g/mol. The Morgan fingerprint density at radius 1 is 1.37 bits per heavy atom. The van der Waals surface area contributed by atoms with Crippen LogP contribution in [0.15, 0.2) is 28.7 Å². The van der Waals surface area contributed by atoms with Gasteiger partial charge in [-0.25, -0.2) is 0 Å². The van der Waals surface area contributed by atoms with Crippen LogP contribution in [-0.4, -0.2) is 24.4 Å². The van der Waals surface area contributed by atoms with E-state index in [0.717, 1.165) is 4.47 Å². The van der Waals surface area contributed by atoms with Gasteiger partial charge >= 0.3 is 0 Å². The molecule has 0 radical (unpaired) electrons. The second kappa shape index (κ2) is 7.25. The predicted octanol–water partition coefficient (Wildman–Crippen LogP) is 1.49. The minimum Gasteiger partial charge on any atom is -0.346 e. The highest BCUT2D eigenvalue weighted by Crippen LogP contribution is 2.15. The fraction of sp³-hybridized carbons (Fsp3) is 0.385. The third-order valence-electron chi connectivity index (χ3n) is 2.55. The van der Waals surface area contributed by atoms with E-state index in [1.54, 1.807) is 12.1 Å². The summed E-state index contributed by atoms with van der Waals surface area (Å²) >= 11 is 3.31. The smallest absolute Gasteiger partial charge is 0.243 e. The minimum absolute atomic E-state index is 0.0353. The zero-order valence-corrected chi connectivity index (χ0v) is 12.5. The van der Waals surface area contributed by atoms with Crippen molar-refractivity contribution in [3.63, 3.8) is 0 Å². The summed E-state index contributed by atoms with van der Waals surface area (Å²) in [6, 6.07) is 6.62. The van der Waals surface area contributed by atoms with E-state index in [1.807, 2.05) is 26.0 Å². The Hall–Kier alpha value is -1.40. The van der Waals surface area contributed by atoms with Gasteiger partial charge < -0.3 is 16.4 Å². The van der Waals surface area contributed by atoms with Crippen LogP contribution in [0.1, 0.15) is 13.8 Å². The third kappa shape index (κ3) is 5.40. The molecule has 2 amide bonds. The average molecular weight is 328 g/mol. The summed E-state index contributed by atoms with van der Waals surface area (Å²) in [4.78, 5) is 23.2. The molecule has 104 valence electrons. The molecular formula is C13H18BrN3O2. The predicted molar refractivity (Wildman–Crippen MR) is 78.6 cm³/mol. The molecule has 6 heteroatoms. The maximum Gasteiger partial charge on any atom is 0.243 e. The van der Waals surface area contributed by atoms with Crippen molar-refractivity contribution in [1.82, 2.24) is 5.32 Å². The van der Waals surface area contributed by atoms with Gasteiger partial charge in [0.1, 0.15) is 0 Å². The summed E-state index contributed by atoms with van der Waals surface area (Å²) in [6.07, 6.45) is 0. The fourth-order valence-electron chi connectivity index (χ4n) is 1.36. The Morgan fingerprint density at radius 2 is 2.05 bits per heavy atom. The highest BCUT2D eigenvalue weighted by molar-refractivity contribution is 9.10. The van der Waals surface area contributed by atoms with Crippen molar-refractivity contribution in [3.8, 4) is 0 Å². The van der Waals surface area contributed by atoms with E-state index in [-0.39, 0.29) is 24.3 Å². The van der Waals surface area contributed by atoms with Gasteiger partial charge in [0.2, 0.25) is 11.8 Å². The lowest BCUT2D eigenvalue weighted by atomic mass is 10.1. The van der Waals surface area contributed by atoms with Crippen molar-refractivity contribution >= 4 is 33.4 Å². The number of amides is 2. The van der Waals surface area contributed by atoms with Crippen LogP contribution in [0.25, 0.3) is 0 Å². The highest BCUT2D eigenvalue weighted by atomic mass is 79.9. The lowest BCUT2D eigenvalue weighted by Gasteiger charge is -2.15. The van der Waals surface area contributed by atoms with Crippen molar-refractivity contribution in [2.45, 2.75) is 19.9 Å². The number of nitrogens with one attached hydrogen (secondary N) is 2. The summed E-state index contributed by atoms with van der Waals surface area (Å²) in [5.41, 5.74) is 6.34. The average Bonchev–Trinajstić information content (AvgIpc) is 2.34. The molecule has 0 bridgehead atoms. The molecule has 0 heterocycles. The first-order valence-electron chi connectivity index (χ1n) is 5.99. The fourth-order valence-corrected chi connectivity index (χ4v) is 1.76. The van der Waals surface area contributed by atoms with E-state index in [0.29, 0.717) is 5.69 Å². The maximum absolute atomic E-state index is 11.6. The first-order valence-corrected chi connectivity index (χ1v) is 6.78. The molecule has 1 aromatic carbocycles. The summed E-state index contributed by atoms with van der Waals surface area (Å²) in [6.45, 7) is 3.61. The molecule has 19 heavy (non-hydrogen) atoms. The standard InChI is InChI=1S/C13H18BrN3O2/c1-8(2)12(15)13(19)16-7-11(18)17-10-5-3-4-9(14)6-10/h3-6,8,12H,7,15H2,1-2H3,(H,16,19)(H,17,18)/t12-/m0/s1. The summed E-state index contributed by atoms with van der Waals surface area (Å²) in [7, 11) is 0. The molecule has 0 aliphatic carbocycles. The molecule has 5 nitrogen and oxygen atoms in total. The number of hydrogen-bond donors (Lipinski definition) is 3. The molecule has 4 N–H and O–H groups in total. The van der Waals surface area contributed by atoms with E-state index in [4.69, 9.17) is 5.73 Å². The van der Waals surface area contributed by atoms with E-state index in [1.165, 1.54) is 0 Å². The number of carbonyl (C=O) groups excluding carboxylic acids is 2. The van der Waals surface area contributed by atoms with Crippen molar-refractivity contribution < 1.29 is 9.59 Å². The second-order valence-electron chi connectivity index (χ2n) is 4.55. The number of rotatable bonds is 5. The van der Waals surface area contributed by atoms with Crippen LogP contribution in [-0.2, 0) is 9.59 Å². The number of benzene rings is 1. The van der Waals surface area contributed by atoms with Gasteiger partial charge in [-0.3, -0.25) is 9.59 Å². The topological polar surface area (TPSA) is 84.2 Å². The van der Waals surface area contributed by atoms with Crippen LogP contribution >= 0.6 is 15.9 Å². The lowest BCUT2D eigenvalue weighted by Crippen LogP contribution is -2.46. The lowest BCUT2D eigenvalue weighted by molar-refractivity contribution is -0.125. The second-order valence-corrected chi connectivity index (χ2v) is 5.46. The largest absolute Gasteiger partial charge is 0.346 e. The summed E-state index contributed by atoms with van der Waals surface area (Å²) in [5.74, 6) is -0.574. The van der Waals surface area contributed by atoms with Crippen LogP contribution in [0.3, 0.4) is 0 Å². The van der Waals surface area contributed by atoms with E-state index in [9.17, 15) is 9.59 Å². The van der Waals surface area contributed by atoms with Crippen molar-refractivity contribution in [2.75, 3.05) is 11.9 Å². The van der Waals surface area contributed by atoms with Crippen LogP contribution in [0, 0.1) is 5.92 Å². The monoisotopic (exact) mass is 327 g/mol. The van der Waals surface area contributed by atoms with Gasteiger partial charge in [0.05, 0.1) is 12.6 Å². The van der Waals surface area contributed by atoms with Gasteiger partial charge in [-0.05, 0) is 24.1 Å². The van der Waals surface area contributed by atoms with Gasteiger partial charge in [0.15, 0.2) is 0 Å². The Balaban J connectivity index is 2.42. The number of nitrogens with two attached hydrogens (primary N) is 1. The molecule has 0 aromatic heterocycles. The molecule has 1 aromatic rings. The molecule has 0 spiro atoms. The molecule has 0 aliphatic rings. The zero-order valence-electron chi connectivity index (χ0n) is 10.9. The van der Waals surface area contributed by atoms with Crippen LogP contribution in [0.2, 0.25) is 0 Å². The minimum atomic E-state index is -0.598. The Bertz CT molecular complexity index is 463. The van der Waals surface area contributed by atoms with Crippen molar-refractivity contribution in [1.29, 1.82) is 0 Å². The SMILES string of the molecule is CC(C)[C@H](N)C(=O)NCC(=O)Nc1cccc(Br)c1. The maximum atomic E-state index is 11.6. The third-order valence-corrected chi connectivity index (χ3v) is 3.05. The first-order chi connectivity index (χ1) is 8.90. The number of halogens is 1. The molecule has 1 atom stereocenters. The van der Waals surface area contributed by atoms with Crippen molar-refractivity contribution in [3.05, 3.63) is 28.7 Å². The van der Waals surface area contributed by atoms with E-state index >= 15 is 0 Å². The molecule has 0 aliphatic heterocycles. The van der Waals surface area contributed by atoms with Crippen molar-refractivity contribution in [2.24, 2.45) is 11.7 Å². The number of carbonyl (C=O) groups is 2. The molecule has 0 unspecified atom stereocenters. The highest BCUT2D eigenvalue weighted by Gasteiger charge is 2.17. The molecule has 0 fully saturated rings. The quantitative estimate of drug-likeness (QED) is 0.766. The first kappa shape index (κ1) is 15.7. The van der Waals surface area contributed by atoms with Gasteiger partial charge in [-0.15, -0.1) is 0 Å². The van der Waals surface area contributed by atoms with Gasteiger partial charge in [-0.2, -0.15) is 0 Å². The molecule has 0 saturated heterocycles. The van der Waals surface area contributed by atoms with E-state index < -0.39 is 6.04 Å². The van der Waals surface area contributed by atoms with E-state index in [2.05, 4.69) is 26.6 Å². The summed E-state index contributed by atoms with van der Waals surface area (Å²) < 4.78 is 0.871. The summed E-state index contributed by atoms with van der Waals surface area (Å²) in [5, 5.41) is 5.19. The normalized spacial score (nSPS) is 12.1. The van der Waals surface area contributed by atoms with Crippen LogP contribution in [0.5, 0.6) is 0 Å². The Kier molecular flexibility index (Phi) is 5.98. The number of hydrogen-bond acceptors (Lipinski definition) is 3. The Morgan fingerprint density at radius 3 is 2.63 bits per heavy atom. The van der Waals surface area contributed by atoms with Crippen LogP contribution in [0.4, 0.5) is 5.69 Å². The van der Waals surface area contributed by atoms with Gasteiger partial charge in [0.25, 0.3) is 0 Å². The molecule has 0 saturated carbocycles. The number of anilines is 1. The molecule has 1 rings (SSSR count). The zero-order chi connectivity index (χ0) is 14.4. The Labute approximate surface area is 121 Å². The van der Waals surface area contributed by atoms with Crippen LogP contribution < -0.4 is 16.4 Å².